The van der Waals surface area contributed by atoms with Crippen molar-refractivity contribution in [3.63, 3.8) is 0 Å². The normalized spacial score (nSPS) is 22.4. The summed E-state index contributed by atoms with van der Waals surface area (Å²) in [6, 6.07) is 10.6. The molecule has 4 rings (SSSR count). The van der Waals surface area contributed by atoms with Crippen molar-refractivity contribution in [2.24, 2.45) is 11.3 Å². The molecule has 8 heteroatoms. The molecule has 1 saturated carbocycles. The SMILES string of the molecule is Cl.Cl.O=C(Nc1cccnc1)c1ccc(NC(=O)[C@@]23CCCC[C@H]2CNC3)cc1. The highest BCUT2D eigenvalue weighted by Gasteiger charge is 2.49. The van der Waals surface area contributed by atoms with Gasteiger partial charge in [0, 0.05) is 24.0 Å². The van der Waals surface area contributed by atoms with E-state index in [1.807, 2.05) is 0 Å². The van der Waals surface area contributed by atoms with Crippen molar-refractivity contribution in [2.75, 3.05) is 23.7 Å². The molecule has 2 amide bonds. The number of pyridine rings is 1. The maximum absolute atomic E-state index is 13.0. The highest BCUT2D eigenvalue weighted by molar-refractivity contribution is 6.04. The van der Waals surface area contributed by atoms with Crippen molar-refractivity contribution < 1.29 is 9.59 Å². The van der Waals surface area contributed by atoms with Gasteiger partial charge < -0.3 is 16.0 Å². The Labute approximate surface area is 183 Å². The number of rotatable bonds is 4. The van der Waals surface area contributed by atoms with E-state index in [-0.39, 0.29) is 42.0 Å². The molecule has 1 aromatic carbocycles. The van der Waals surface area contributed by atoms with Crippen molar-refractivity contribution in [1.29, 1.82) is 0 Å². The van der Waals surface area contributed by atoms with Gasteiger partial charge in [-0.2, -0.15) is 0 Å². The van der Waals surface area contributed by atoms with Gasteiger partial charge in [0.15, 0.2) is 0 Å². The fourth-order valence-electron chi connectivity index (χ4n) is 4.29. The summed E-state index contributed by atoms with van der Waals surface area (Å²) in [5.41, 5.74) is 1.63. The maximum atomic E-state index is 13.0. The lowest BCUT2D eigenvalue weighted by Gasteiger charge is -2.37. The Bertz CT molecular complexity index is 832. The zero-order valence-electron chi connectivity index (χ0n) is 16.0. The Balaban J connectivity index is 0.00000150. The van der Waals surface area contributed by atoms with Gasteiger partial charge in [0.2, 0.25) is 5.91 Å². The Morgan fingerprint density at radius 3 is 2.55 bits per heavy atom. The molecular formula is C21H26Cl2N4O2. The molecule has 1 aliphatic heterocycles. The minimum absolute atomic E-state index is 0. The smallest absolute Gasteiger partial charge is 0.255 e. The average molecular weight is 437 g/mol. The van der Waals surface area contributed by atoms with Gasteiger partial charge in [-0.3, -0.25) is 14.6 Å². The molecule has 2 aromatic rings. The number of amides is 2. The van der Waals surface area contributed by atoms with Crippen LogP contribution in [-0.2, 0) is 4.79 Å². The number of anilines is 2. The Morgan fingerprint density at radius 2 is 1.83 bits per heavy atom. The van der Waals surface area contributed by atoms with Gasteiger partial charge in [-0.1, -0.05) is 12.8 Å². The lowest BCUT2D eigenvalue weighted by atomic mass is 9.67. The van der Waals surface area contributed by atoms with Gasteiger partial charge >= 0.3 is 0 Å². The van der Waals surface area contributed by atoms with Crippen LogP contribution in [0.2, 0.25) is 0 Å². The first kappa shape index (κ1) is 23.1. The molecule has 1 aromatic heterocycles. The molecule has 2 atom stereocenters. The van der Waals surface area contributed by atoms with Crippen LogP contribution in [0.4, 0.5) is 11.4 Å². The second kappa shape index (κ2) is 10.1. The van der Waals surface area contributed by atoms with E-state index in [4.69, 9.17) is 0 Å². The zero-order chi connectivity index (χ0) is 18.7. The van der Waals surface area contributed by atoms with E-state index in [0.717, 1.165) is 38.0 Å². The lowest BCUT2D eigenvalue weighted by Crippen LogP contribution is -2.44. The maximum Gasteiger partial charge on any atom is 0.255 e. The first-order valence-corrected chi connectivity index (χ1v) is 9.51. The molecule has 2 heterocycles. The molecule has 3 N–H and O–H groups in total. The van der Waals surface area contributed by atoms with Crippen molar-refractivity contribution in [1.82, 2.24) is 10.3 Å². The zero-order valence-corrected chi connectivity index (χ0v) is 17.7. The van der Waals surface area contributed by atoms with Crippen LogP contribution < -0.4 is 16.0 Å². The van der Waals surface area contributed by atoms with Crippen molar-refractivity contribution in [3.05, 3.63) is 54.4 Å². The first-order chi connectivity index (χ1) is 13.2. The molecule has 2 fully saturated rings. The molecule has 0 spiro atoms. The summed E-state index contributed by atoms with van der Waals surface area (Å²) in [4.78, 5) is 29.3. The quantitative estimate of drug-likeness (QED) is 0.678. The number of aromatic nitrogens is 1. The van der Waals surface area contributed by atoms with Crippen LogP contribution in [0, 0.1) is 11.3 Å². The van der Waals surface area contributed by atoms with Crippen LogP contribution in [0.25, 0.3) is 0 Å². The predicted molar refractivity (Wildman–Crippen MR) is 119 cm³/mol. The van der Waals surface area contributed by atoms with Crippen molar-refractivity contribution in [2.45, 2.75) is 25.7 Å². The Kier molecular flexibility index (Phi) is 8.02. The third-order valence-electron chi connectivity index (χ3n) is 5.81. The molecule has 0 unspecified atom stereocenters. The van der Waals surface area contributed by atoms with Crippen LogP contribution in [0.15, 0.2) is 48.8 Å². The molecule has 1 saturated heterocycles. The minimum Gasteiger partial charge on any atom is -0.326 e. The Hall–Kier alpha value is -2.15. The van der Waals surface area contributed by atoms with Crippen LogP contribution in [0.3, 0.4) is 0 Å². The molecule has 29 heavy (non-hydrogen) atoms. The summed E-state index contributed by atoms with van der Waals surface area (Å²) in [7, 11) is 0. The lowest BCUT2D eigenvalue weighted by molar-refractivity contribution is -0.128. The second-order valence-electron chi connectivity index (χ2n) is 7.46. The highest BCUT2D eigenvalue weighted by atomic mass is 35.5. The van der Waals surface area contributed by atoms with E-state index in [2.05, 4.69) is 20.9 Å². The van der Waals surface area contributed by atoms with Gasteiger partial charge in [-0.25, -0.2) is 0 Å². The number of benzene rings is 1. The summed E-state index contributed by atoms with van der Waals surface area (Å²) >= 11 is 0. The van der Waals surface area contributed by atoms with E-state index in [9.17, 15) is 9.59 Å². The van der Waals surface area contributed by atoms with E-state index >= 15 is 0 Å². The number of fused-ring (bicyclic) bond motifs is 1. The van der Waals surface area contributed by atoms with Gasteiger partial charge in [0.1, 0.15) is 0 Å². The number of nitrogens with one attached hydrogen (secondary N) is 3. The highest BCUT2D eigenvalue weighted by Crippen LogP contribution is 2.44. The van der Waals surface area contributed by atoms with Crippen molar-refractivity contribution >= 4 is 48.0 Å². The van der Waals surface area contributed by atoms with E-state index in [0.29, 0.717) is 17.2 Å². The second-order valence-corrected chi connectivity index (χ2v) is 7.46. The fourth-order valence-corrected chi connectivity index (χ4v) is 4.29. The topological polar surface area (TPSA) is 83.1 Å². The van der Waals surface area contributed by atoms with Gasteiger partial charge in [0.25, 0.3) is 5.91 Å². The summed E-state index contributed by atoms with van der Waals surface area (Å²) < 4.78 is 0. The van der Waals surface area contributed by atoms with Gasteiger partial charge in [-0.15, -0.1) is 24.8 Å². The number of nitrogens with zero attached hydrogens (tertiary/aromatic N) is 1. The molecule has 0 bridgehead atoms. The average Bonchev–Trinajstić information content (AvgIpc) is 3.15. The fraction of sp³-hybridized carbons (Fsp3) is 0.381. The van der Waals surface area contributed by atoms with Gasteiger partial charge in [-0.05, 0) is 61.7 Å². The first-order valence-electron chi connectivity index (χ1n) is 9.51. The largest absolute Gasteiger partial charge is 0.326 e. The summed E-state index contributed by atoms with van der Waals surface area (Å²) in [6.07, 6.45) is 7.64. The van der Waals surface area contributed by atoms with E-state index < -0.39 is 0 Å². The number of hydrogen-bond acceptors (Lipinski definition) is 4. The van der Waals surface area contributed by atoms with Gasteiger partial charge in [0.05, 0.1) is 17.3 Å². The summed E-state index contributed by atoms with van der Waals surface area (Å²) in [6.45, 7) is 1.69. The number of carbonyl (C=O) groups excluding carboxylic acids is 2. The van der Waals surface area contributed by atoms with Crippen LogP contribution >= 0.6 is 24.8 Å². The molecule has 6 nitrogen and oxygen atoms in total. The minimum atomic E-state index is -0.283. The Morgan fingerprint density at radius 1 is 1.03 bits per heavy atom. The number of hydrogen-bond donors (Lipinski definition) is 3. The third kappa shape index (κ3) is 4.89. The molecular weight excluding hydrogens is 411 g/mol. The van der Waals surface area contributed by atoms with Crippen LogP contribution in [0.1, 0.15) is 36.0 Å². The molecule has 1 aliphatic carbocycles. The monoisotopic (exact) mass is 436 g/mol. The molecule has 156 valence electrons. The summed E-state index contributed by atoms with van der Waals surface area (Å²) in [5.74, 6) is 0.326. The van der Waals surface area contributed by atoms with E-state index in [1.165, 1.54) is 6.42 Å². The standard InChI is InChI=1S/C21H24N4O2.2ClH/c26-19(24-18-5-3-11-22-13-18)15-6-8-17(9-7-15)25-20(27)21-10-2-1-4-16(21)12-23-14-21;;/h3,5-9,11,13,16,23H,1-2,4,10,12,14H2,(H,24,26)(H,25,27);2*1H/t16-,21+;;/m0../s1. The number of carbonyl (C=O) groups is 2. The number of halogens is 2. The summed E-state index contributed by atoms with van der Waals surface area (Å²) in [5, 5.41) is 9.27. The van der Waals surface area contributed by atoms with E-state index in [1.54, 1.807) is 48.8 Å². The molecule has 0 radical (unpaired) electrons. The van der Waals surface area contributed by atoms with Crippen LogP contribution in [0.5, 0.6) is 0 Å². The van der Waals surface area contributed by atoms with Crippen LogP contribution in [-0.4, -0.2) is 29.9 Å². The van der Waals surface area contributed by atoms with Crippen molar-refractivity contribution in [3.8, 4) is 0 Å². The molecule has 2 aliphatic rings. The third-order valence-corrected chi connectivity index (χ3v) is 5.81. The predicted octanol–water partition coefficient (Wildman–Crippen LogP) is 3.90.